The summed E-state index contributed by atoms with van der Waals surface area (Å²) >= 11 is 6.24. The van der Waals surface area contributed by atoms with Gasteiger partial charge >= 0.3 is 5.97 Å². The number of ether oxygens (including phenoxy) is 2. The number of pyridine rings is 1. The zero-order valence-corrected chi connectivity index (χ0v) is 14.8. The molecule has 0 spiro atoms. The third-order valence-electron chi connectivity index (χ3n) is 4.38. The molecule has 0 amide bonds. The Morgan fingerprint density at radius 3 is 2.72 bits per heavy atom. The quantitative estimate of drug-likeness (QED) is 0.903. The third kappa shape index (κ3) is 2.98. The van der Waals surface area contributed by atoms with Gasteiger partial charge in [0.15, 0.2) is 5.43 Å². The molecule has 0 fully saturated rings. The molecule has 0 radical (unpaired) electrons. The molecule has 25 heavy (non-hydrogen) atoms. The molecule has 1 aromatic carbocycles. The number of halogens is 1. The lowest BCUT2D eigenvalue weighted by atomic mass is 10.0. The molecule has 132 valence electrons. The molecule has 1 N–H and O–H groups in total. The van der Waals surface area contributed by atoms with Gasteiger partial charge in [-0.05, 0) is 12.0 Å². The number of hydrogen-bond donors (Lipinski definition) is 1. The Morgan fingerprint density at radius 2 is 2.12 bits per heavy atom. The average Bonchev–Trinajstić information content (AvgIpc) is 2.70. The molecule has 2 aromatic rings. The number of hydrogen-bond acceptors (Lipinski definition) is 4. The molecule has 1 aliphatic heterocycles. The minimum absolute atomic E-state index is 0.133. The van der Waals surface area contributed by atoms with Gasteiger partial charge in [0, 0.05) is 23.9 Å². The molecule has 1 atom stereocenters. The van der Waals surface area contributed by atoms with Crippen molar-refractivity contribution < 1.29 is 19.4 Å². The smallest absolute Gasteiger partial charge is 0.341 e. The number of aromatic carboxylic acids is 1. The van der Waals surface area contributed by atoms with Crippen LogP contribution in [0.2, 0.25) is 5.02 Å². The highest BCUT2D eigenvalue weighted by Gasteiger charge is 2.27. The molecule has 1 aromatic heterocycles. The van der Waals surface area contributed by atoms with Crippen molar-refractivity contribution in [1.82, 2.24) is 4.57 Å². The first-order chi connectivity index (χ1) is 11.8. The van der Waals surface area contributed by atoms with Crippen molar-refractivity contribution in [2.45, 2.75) is 19.9 Å². The van der Waals surface area contributed by atoms with Gasteiger partial charge in [0.2, 0.25) is 0 Å². The minimum Gasteiger partial charge on any atom is -0.495 e. The van der Waals surface area contributed by atoms with E-state index in [2.05, 4.69) is 0 Å². The van der Waals surface area contributed by atoms with E-state index in [4.69, 9.17) is 21.1 Å². The van der Waals surface area contributed by atoms with Crippen LogP contribution in [0.5, 0.6) is 11.5 Å². The van der Waals surface area contributed by atoms with Crippen LogP contribution in [-0.4, -0.2) is 29.4 Å². The van der Waals surface area contributed by atoms with E-state index >= 15 is 0 Å². The number of carbonyl (C=O) groups is 1. The summed E-state index contributed by atoms with van der Waals surface area (Å²) in [6, 6.07) is 4.55. The first-order valence-electron chi connectivity index (χ1n) is 7.83. The molecule has 1 aliphatic rings. The van der Waals surface area contributed by atoms with Crippen molar-refractivity contribution in [3.05, 3.63) is 45.2 Å². The summed E-state index contributed by atoms with van der Waals surface area (Å²) in [5.41, 5.74) is 0.382. The fourth-order valence-corrected chi connectivity index (χ4v) is 3.22. The van der Waals surface area contributed by atoms with E-state index in [1.165, 1.54) is 19.4 Å². The molecule has 0 bridgehead atoms. The Balaban J connectivity index is 2.33. The van der Waals surface area contributed by atoms with Crippen LogP contribution in [-0.2, 0) is 0 Å². The maximum Gasteiger partial charge on any atom is 0.341 e. The topological polar surface area (TPSA) is 77.8 Å². The van der Waals surface area contributed by atoms with E-state index in [1.807, 2.05) is 13.8 Å². The second-order valence-electron chi connectivity index (χ2n) is 6.25. The molecule has 2 heterocycles. The van der Waals surface area contributed by atoms with Gasteiger partial charge in [-0.25, -0.2) is 4.79 Å². The SMILES string of the molecule is COc1cc2c(cc1Cl)-c1cc(=O)c(C(=O)O)cn1[C@H](C(C)C)CO2. The summed E-state index contributed by atoms with van der Waals surface area (Å²) in [5, 5.41) is 9.67. The van der Waals surface area contributed by atoms with Crippen LogP contribution >= 0.6 is 11.6 Å². The highest BCUT2D eigenvalue weighted by Crippen LogP contribution is 2.41. The van der Waals surface area contributed by atoms with Crippen LogP contribution in [0.15, 0.2) is 29.2 Å². The van der Waals surface area contributed by atoms with Gasteiger partial charge in [-0.15, -0.1) is 0 Å². The molecule has 0 unspecified atom stereocenters. The van der Waals surface area contributed by atoms with Gasteiger partial charge in [-0.1, -0.05) is 25.4 Å². The lowest BCUT2D eigenvalue weighted by molar-refractivity contribution is 0.0694. The van der Waals surface area contributed by atoms with Crippen molar-refractivity contribution in [3.8, 4) is 22.8 Å². The number of fused-ring (bicyclic) bond motifs is 3. The zero-order chi connectivity index (χ0) is 18.3. The van der Waals surface area contributed by atoms with Crippen LogP contribution in [0.3, 0.4) is 0 Å². The maximum atomic E-state index is 12.2. The summed E-state index contributed by atoms with van der Waals surface area (Å²) in [6.45, 7) is 4.37. The van der Waals surface area contributed by atoms with Gasteiger partial charge in [0.05, 0.1) is 23.9 Å². The highest BCUT2D eigenvalue weighted by molar-refractivity contribution is 6.32. The second kappa shape index (κ2) is 6.44. The third-order valence-corrected chi connectivity index (χ3v) is 4.67. The van der Waals surface area contributed by atoms with E-state index in [0.717, 1.165) is 0 Å². The Labute approximate surface area is 149 Å². The number of methoxy groups -OCH3 is 1. The number of carboxylic acids is 1. The van der Waals surface area contributed by atoms with Crippen molar-refractivity contribution in [3.63, 3.8) is 0 Å². The Hall–Kier alpha value is -2.47. The largest absolute Gasteiger partial charge is 0.495 e. The van der Waals surface area contributed by atoms with Crippen molar-refractivity contribution in [2.75, 3.05) is 13.7 Å². The van der Waals surface area contributed by atoms with Crippen molar-refractivity contribution in [1.29, 1.82) is 0 Å². The number of nitrogens with zero attached hydrogens (tertiary/aromatic N) is 1. The average molecular weight is 364 g/mol. The molecule has 7 heteroatoms. The molecule has 0 saturated carbocycles. The Bertz CT molecular complexity index is 903. The van der Waals surface area contributed by atoms with Crippen LogP contribution in [0.4, 0.5) is 0 Å². The van der Waals surface area contributed by atoms with Crippen LogP contribution in [0, 0.1) is 5.92 Å². The van der Waals surface area contributed by atoms with Gasteiger partial charge in [0.1, 0.15) is 23.7 Å². The first-order valence-corrected chi connectivity index (χ1v) is 8.21. The fourth-order valence-electron chi connectivity index (χ4n) is 2.98. The van der Waals surface area contributed by atoms with Gasteiger partial charge in [0.25, 0.3) is 0 Å². The second-order valence-corrected chi connectivity index (χ2v) is 6.66. The van der Waals surface area contributed by atoms with Crippen molar-refractivity contribution >= 4 is 17.6 Å². The van der Waals surface area contributed by atoms with E-state index in [-0.39, 0.29) is 17.5 Å². The van der Waals surface area contributed by atoms with E-state index in [1.54, 1.807) is 16.7 Å². The number of rotatable bonds is 3. The normalized spacial score (nSPS) is 15.8. The van der Waals surface area contributed by atoms with Gasteiger partial charge < -0.3 is 19.1 Å². The van der Waals surface area contributed by atoms with Crippen LogP contribution in [0.25, 0.3) is 11.3 Å². The summed E-state index contributed by atoms with van der Waals surface area (Å²) in [6.07, 6.45) is 1.39. The van der Waals surface area contributed by atoms with E-state index in [9.17, 15) is 14.7 Å². The Kier molecular flexibility index (Phi) is 4.47. The van der Waals surface area contributed by atoms with E-state index in [0.29, 0.717) is 34.4 Å². The highest BCUT2D eigenvalue weighted by atomic mass is 35.5. The van der Waals surface area contributed by atoms with Gasteiger partial charge in [-0.2, -0.15) is 0 Å². The molecule has 0 aliphatic carbocycles. The van der Waals surface area contributed by atoms with E-state index < -0.39 is 11.4 Å². The van der Waals surface area contributed by atoms with Crippen molar-refractivity contribution in [2.24, 2.45) is 5.92 Å². The Morgan fingerprint density at radius 1 is 1.40 bits per heavy atom. The molecule has 0 saturated heterocycles. The predicted octanol–water partition coefficient (Wildman–Crippen LogP) is 3.47. The lowest BCUT2D eigenvalue weighted by Crippen LogP contribution is -2.25. The predicted molar refractivity (Wildman–Crippen MR) is 94.0 cm³/mol. The van der Waals surface area contributed by atoms with Crippen LogP contribution < -0.4 is 14.9 Å². The lowest BCUT2D eigenvalue weighted by Gasteiger charge is -2.24. The number of aromatic nitrogens is 1. The molecule has 6 nitrogen and oxygen atoms in total. The van der Waals surface area contributed by atoms with Gasteiger partial charge in [-0.3, -0.25) is 4.79 Å². The zero-order valence-electron chi connectivity index (χ0n) is 14.1. The minimum atomic E-state index is -1.25. The summed E-state index contributed by atoms with van der Waals surface area (Å²) < 4.78 is 13.0. The summed E-state index contributed by atoms with van der Waals surface area (Å²) in [7, 11) is 1.51. The molecule has 3 rings (SSSR count). The number of benzene rings is 1. The fraction of sp³-hybridized carbons (Fsp3) is 0.333. The molecular weight excluding hydrogens is 346 g/mol. The summed E-state index contributed by atoms with van der Waals surface area (Å²) in [5.74, 6) is -0.0735. The maximum absolute atomic E-state index is 12.2. The first kappa shape index (κ1) is 17.4. The monoisotopic (exact) mass is 363 g/mol. The van der Waals surface area contributed by atoms with Crippen LogP contribution in [0.1, 0.15) is 30.2 Å². The number of carboxylic acid groups (broad SMARTS) is 1. The molecular formula is C18H18ClNO5. The summed E-state index contributed by atoms with van der Waals surface area (Å²) in [4.78, 5) is 23.6. The standard InChI is InChI=1S/C18H18ClNO5/c1-9(2)14-8-25-16-6-17(24-3)12(19)4-10(16)13-5-15(21)11(18(22)23)7-20(13)14/h4-7,9,14H,8H2,1-3H3,(H,22,23)/t14-/m0/s1.